The highest BCUT2D eigenvalue weighted by Gasteiger charge is 2.33. The molecule has 1 atom stereocenters. The topological polar surface area (TPSA) is 79.5 Å². The predicted molar refractivity (Wildman–Crippen MR) is 87.1 cm³/mol. The van der Waals surface area contributed by atoms with Crippen LogP contribution in [0.5, 0.6) is 0 Å². The third kappa shape index (κ3) is 4.00. The molecule has 5 nitrogen and oxygen atoms in total. The summed E-state index contributed by atoms with van der Waals surface area (Å²) in [7, 11) is 0. The SMILES string of the molecule is CC(C)C(C)(CC(=O)O)NC(=O)c1cccc(-c2ccoc2)c1. The molecule has 0 saturated heterocycles. The van der Waals surface area contributed by atoms with Crippen LogP contribution in [-0.4, -0.2) is 22.5 Å². The zero-order valence-corrected chi connectivity index (χ0v) is 13.5. The molecule has 2 N–H and O–H groups in total. The zero-order valence-electron chi connectivity index (χ0n) is 13.5. The van der Waals surface area contributed by atoms with Gasteiger partial charge in [0, 0.05) is 11.1 Å². The van der Waals surface area contributed by atoms with E-state index in [4.69, 9.17) is 9.52 Å². The van der Waals surface area contributed by atoms with Crippen molar-refractivity contribution in [3.8, 4) is 11.1 Å². The molecule has 0 aliphatic heterocycles. The Morgan fingerprint density at radius 2 is 2.00 bits per heavy atom. The first-order valence-corrected chi connectivity index (χ1v) is 7.49. The fourth-order valence-electron chi connectivity index (χ4n) is 2.31. The van der Waals surface area contributed by atoms with Crippen molar-refractivity contribution in [2.24, 2.45) is 5.92 Å². The molecule has 1 heterocycles. The van der Waals surface area contributed by atoms with Crippen LogP contribution in [0.25, 0.3) is 11.1 Å². The van der Waals surface area contributed by atoms with Gasteiger partial charge in [0.15, 0.2) is 0 Å². The number of carbonyl (C=O) groups excluding carboxylic acids is 1. The minimum Gasteiger partial charge on any atom is -0.481 e. The second-order valence-electron chi connectivity index (χ2n) is 6.19. The quantitative estimate of drug-likeness (QED) is 0.854. The first-order valence-electron chi connectivity index (χ1n) is 7.49. The summed E-state index contributed by atoms with van der Waals surface area (Å²) in [5.74, 6) is -1.24. The van der Waals surface area contributed by atoms with Gasteiger partial charge in [0.05, 0.1) is 24.5 Å². The van der Waals surface area contributed by atoms with E-state index in [1.165, 1.54) is 0 Å². The van der Waals surface area contributed by atoms with E-state index in [1.807, 2.05) is 26.0 Å². The smallest absolute Gasteiger partial charge is 0.305 e. The van der Waals surface area contributed by atoms with Crippen molar-refractivity contribution >= 4 is 11.9 Å². The van der Waals surface area contributed by atoms with E-state index in [-0.39, 0.29) is 18.2 Å². The fourth-order valence-corrected chi connectivity index (χ4v) is 2.31. The third-order valence-corrected chi connectivity index (χ3v) is 4.17. The monoisotopic (exact) mass is 315 g/mol. The summed E-state index contributed by atoms with van der Waals surface area (Å²) in [6.07, 6.45) is 3.06. The van der Waals surface area contributed by atoms with Gasteiger partial charge < -0.3 is 14.8 Å². The molecule has 0 aliphatic rings. The van der Waals surface area contributed by atoms with Crippen LogP contribution in [0.2, 0.25) is 0 Å². The van der Waals surface area contributed by atoms with Gasteiger partial charge >= 0.3 is 5.97 Å². The molecule has 0 spiro atoms. The highest BCUT2D eigenvalue weighted by molar-refractivity contribution is 5.96. The summed E-state index contributed by atoms with van der Waals surface area (Å²) in [4.78, 5) is 23.6. The molecule has 2 aromatic rings. The normalized spacial score (nSPS) is 13.6. The summed E-state index contributed by atoms with van der Waals surface area (Å²) in [6, 6.07) is 8.98. The molecule has 0 fully saturated rings. The number of hydrogen-bond acceptors (Lipinski definition) is 3. The molecule has 1 aromatic heterocycles. The summed E-state index contributed by atoms with van der Waals surface area (Å²) >= 11 is 0. The van der Waals surface area contributed by atoms with Crippen LogP contribution >= 0.6 is 0 Å². The van der Waals surface area contributed by atoms with E-state index in [0.29, 0.717) is 5.56 Å². The lowest BCUT2D eigenvalue weighted by Gasteiger charge is -2.33. The molecule has 1 amide bonds. The Labute approximate surface area is 135 Å². The van der Waals surface area contributed by atoms with Crippen molar-refractivity contribution in [2.45, 2.75) is 32.7 Å². The van der Waals surface area contributed by atoms with E-state index in [2.05, 4.69) is 5.32 Å². The second kappa shape index (κ2) is 6.69. The molecule has 0 saturated carbocycles. The number of amides is 1. The Morgan fingerprint density at radius 3 is 2.57 bits per heavy atom. The van der Waals surface area contributed by atoms with Gasteiger partial charge in [-0.05, 0) is 36.6 Å². The first kappa shape index (κ1) is 16.8. The van der Waals surface area contributed by atoms with Crippen LogP contribution in [0, 0.1) is 5.92 Å². The highest BCUT2D eigenvalue weighted by atomic mass is 16.4. The van der Waals surface area contributed by atoms with E-state index in [1.54, 1.807) is 37.6 Å². The van der Waals surface area contributed by atoms with Crippen molar-refractivity contribution in [2.75, 3.05) is 0 Å². The largest absolute Gasteiger partial charge is 0.481 e. The number of carboxylic acids is 1. The molecular weight excluding hydrogens is 294 g/mol. The van der Waals surface area contributed by atoms with Crippen molar-refractivity contribution in [3.63, 3.8) is 0 Å². The Morgan fingerprint density at radius 1 is 1.26 bits per heavy atom. The third-order valence-electron chi connectivity index (χ3n) is 4.17. The zero-order chi connectivity index (χ0) is 17.0. The van der Waals surface area contributed by atoms with Crippen molar-refractivity contribution in [1.82, 2.24) is 5.32 Å². The Kier molecular flexibility index (Phi) is 4.89. The van der Waals surface area contributed by atoms with Gasteiger partial charge in [-0.2, -0.15) is 0 Å². The molecule has 1 unspecified atom stereocenters. The Bertz CT molecular complexity index is 691. The van der Waals surface area contributed by atoms with Crippen LogP contribution in [0.3, 0.4) is 0 Å². The summed E-state index contributed by atoms with van der Waals surface area (Å²) in [5.41, 5.74) is 1.43. The summed E-state index contributed by atoms with van der Waals surface area (Å²) in [6.45, 7) is 5.54. The van der Waals surface area contributed by atoms with E-state index in [0.717, 1.165) is 11.1 Å². The van der Waals surface area contributed by atoms with Crippen molar-refractivity contribution in [1.29, 1.82) is 0 Å². The van der Waals surface area contributed by atoms with Gasteiger partial charge in [-0.3, -0.25) is 9.59 Å². The molecule has 2 rings (SSSR count). The molecule has 122 valence electrons. The van der Waals surface area contributed by atoms with Gasteiger partial charge in [-0.15, -0.1) is 0 Å². The van der Waals surface area contributed by atoms with Crippen LogP contribution in [0.4, 0.5) is 0 Å². The predicted octanol–water partition coefficient (Wildman–Crippen LogP) is 3.57. The Balaban J connectivity index is 2.23. The molecule has 0 aliphatic carbocycles. The molecule has 5 heteroatoms. The van der Waals surface area contributed by atoms with Crippen LogP contribution < -0.4 is 5.32 Å². The standard InChI is InChI=1S/C18H21NO4/c1-12(2)18(3,10-16(20)21)19-17(22)14-6-4-5-13(9-14)15-7-8-23-11-15/h4-9,11-12H,10H2,1-3H3,(H,19,22)(H,20,21). The van der Waals surface area contributed by atoms with Crippen LogP contribution in [0.15, 0.2) is 47.3 Å². The molecular formula is C18H21NO4. The van der Waals surface area contributed by atoms with E-state index < -0.39 is 11.5 Å². The number of benzene rings is 1. The number of furan rings is 1. The van der Waals surface area contributed by atoms with Gasteiger partial charge in [0.1, 0.15) is 0 Å². The van der Waals surface area contributed by atoms with E-state index in [9.17, 15) is 9.59 Å². The minimum absolute atomic E-state index is 0.0143. The van der Waals surface area contributed by atoms with Crippen LogP contribution in [0.1, 0.15) is 37.6 Å². The van der Waals surface area contributed by atoms with Gasteiger partial charge in [0.2, 0.25) is 0 Å². The molecule has 1 aromatic carbocycles. The van der Waals surface area contributed by atoms with Crippen molar-refractivity contribution in [3.05, 3.63) is 48.4 Å². The first-order chi connectivity index (χ1) is 10.8. The number of nitrogens with one attached hydrogen (secondary N) is 1. The average molecular weight is 315 g/mol. The second-order valence-corrected chi connectivity index (χ2v) is 6.19. The number of aliphatic carboxylic acids is 1. The lowest BCUT2D eigenvalue weighted by atomic mass is 9.85. The lowest BCUT2D eigenvalue weighted by molar-refractivity contribution is -0.138. The van der Waals surface area contributed by atoms with Crippen LogP contribution in [-0.2, 0) is 4.79 Å². The molecule has 23 heavy (non-hydrogen) atoms. The van der Waals surface area contributed by atoms with Crippen molar-refractivity contribution < 1.29 is 19.1 Å². The minimum atomic E-state index is -0.936. The Hall–Kier alpha value is -2.56. The van der Waals surface area contributed by atoms with E-state index >= 15 is 0 Å². The summed E-state index contributed by atoms with van der Waals surface area (Å²) < 4.78 is 5.06. The lowest BCUT2D eigenvalue weighted by Crippen LogP contribution is -2.51. The maximum Gasteiger partial charge on any atom is 0.305 e. The number of carboxylic acid groups (broad SMARTS) is 1. The number of hydrogen-bond donors (Lipinski definition) is 2. The van der Waals surface area contributed by atoms with Gasteiger partial charge in [-0.25, -0.2) is 0 Å². The average Bonchev–Trinajstić information content (AvgIpc) is 3.00. The maximum atomic E-state index is 12.5. The highest BCUT2D eigenvalue weighted by Crippen LogP contribution is 2.24. The van der Waals surface area contributed by atoms with Gasteiger partial charge in [-0.1, -0.05) is 26.0 Å². The number of carbonyl (C=O) groups is 2. The maximum absolute atomic E-state index is 12.5. The van der Waals surface area contributed by atoms with Gasteiger partial charge in [0.25, 0.3) is 5.91 Å². The molecule has 0 radical (unpaired) electrons. The number of rotatable bonds is 6. The fraction of sp³-hybridized carbons (Fsp3) is 0.333. The molecule has 0 bridgehead atoms. The summed E-state index contributed by atoms with van der Waals surface area (Å²) in [5, 5.41) is 12.0.